The third-order valence-corrected chi connectivity index (χ3v) is 6.85. The molecule has 0 radical (unpaired) electrons. The zero-order valence-corrected chi connectivity index (χ0v) is 18.2. The van der Waals surface area contributed by atoms with Crippen molar-refractivity contribution >= 4 is 11.4 Å². The van der Waals surface area contributed by atoms with Crippen LogP contribution in [0.4, 0.5) is 11.4 Å². The number of hydrogen-bond donors (Lipinski definition) is 1. The van der Waals surface area contributed by atoms with Crippen molar-refractivity contribution < 1.29 is 0 Å². The zero-order valence-electron chi connectivity index (χ0n) is 18.2. The summed E-state index contributed by atoms with van der Waals surface area (Å²) in [7, 11) is 0. The molecule has 1 N–H and O–H groups in total. The Hall–Kier alpha value is -2.66. The van der Waals surface area contributed by atoms with Gasteiger partial charge in [0, 0.05) is 44.8 Å². The third-order valence-electron chi connectivity index (χ3n) is 6.85. The van der Waals surface area contributed by atoms with Crippen LogP contribution < -0.4 is 10.3 Å². The van der Waals surface area contributed by atoms with Crippen molar-refractivity contribution in [2.75, 3.05) is 37.7 Å². The van der Waals surface area contributed by atoms with Gasteiger partial charge >= 0.3 is 0 Å². The van der Waals surface area contributed by atoms with Gasteiger partial charge in [0.05, 0.1) is 11.4 Å². The Labute approximate surface area is 186 Å². The largest absolute Gasteiger partial charge is 0.314 e. The van der Waals surface area contributed by atoms with Crippen LogP contribution in [0.5, 0.6) is 0 Å². The Balaban J connectivity index is 1.36. The highest BCUT2D eigenvalue weighted by Gasteiger charge is 2.42. The molecule has 0 bridgehead atoms. The van der Waals surface area contributed by atoms with E-state index in [1.165, 1.54) is 29.8 Å². The van der Waals surface area contributed by atoms with E-state index in [2.05, 4.69) is 111 Å². The first-order valence-electron chi connectivity index (χ1n) is 11.5. The quantitative estimate of drug-likeness (QED) is 0.657. The Bertz CT molecular complexity index is 897. The number of hydrogen-bond acceptors (Lipinski definition) is 4. The van der Waals surface area contributed by atoms with E-state index in [1.807, 2.05) is 0 Å². The molecule has 4 nitrogen and oxygen atoms in total. The molecule has 3 aromatic carbocycles. The fourth-order valence-corrected chi connectivity index (χ4v) is 5.15. The van der Waals surface area contributed by atoms with E-state index in [1.54, 1.807) is 0 Å². The van der Waals surface area contributed by atoms with Gasteiger partial charge in [-0.2, -0.15) is 0 Å². The van der Waals surface area contributed by atoms with Gasteiger partial charge in [-0.25, -0.2) is 5.01 Å². The van der Waals surface area contributed by atoms with Crippen LogP contribution in [-0.4, -0.2) is 48.2 Å². The first-order chi connectivity index (χ1) is 15.3. The minimum Gasteiger partial charge on any atom is -0.314 e. The standard InChI is InChI=1S/C27H32N4/c1-4-10-24(11-5-1)22-29-21-18-28-23-27(29)16-19-30(20-17-27)31(25-12-6-2-7-13-25)26-14-8-3-9-15-26/h1-15,28H,16-23H2. The number of para-hydroxylation sites is 2. The maximum atomic E-state index is 3.69. The SMILES string of the molecule is c1ccc(CN2CCNCC23CCN(N(c2ccccc2)c2ccccc2)CC3)cc1. The average molecular weight is 413 g/mol. The van der Waals surface area contributed by atoms with Gasteiger partial charge in [0.15, 0.2) is 0 Å². The van der Waals surface area contributed by atoms with Gasteiger partial charge in [-0.15, -0.1) is 0 Å². The maximum Gasteiger partial charge on any atom is 0.0580 e. The van der Waals surface area contributed by atoms with Crippen molar-refractivity contribution in [1.29, 1.82) is 0 Å². The number of nitrogens with one attached hydrogen (secondary N) is 1. The number of nitrogens with zero attached hydrogens (tertiary/aromatic N) is 3. The fraction of sp³-hybridized carbons (Fsp3) is 0.333. The molecule has 0 amide bonds. The summed E-state index contributed by atoms with van der Waals surface area (Å²) in [6, 6.07) is 32.5. The highest BCUT2D eigenvalue weighted by Crippen LogP contribution is 2.35. The summed E-state index contributed by atoms with van der Waals surface area (Å²) in [5, 5.41) is 8.64. The number of benzene rings is 3. The molecule has 2 aliphatic rings. The molecular weight excluding hydrogens is 380 g/mol. The van der Waals surface area contributed by atoms with Crippen molar-refractivity contribution in [2.45, 2.75) is 24.9 Å². The van der Waals surface area contributed by atoms with E-state index in [-0.39, 0.29) is 5.54 Å². The third kappa shape index (κ3) is 4.38. The Morgan fingerprint density at radius 2 is 1.26 bits per heavy atom. The second-order valence-corrected chi connectivity index (χ2v) is 8.74. The van der Waals surface area contributed by atoms with Crippen LogP contribution >= 0.6 is 0 Å². The molecule has 0 aliphatic carbocycles. The van der Waals surface area contributed by atoms with E-state index in [9.17, 15) is 0 Å². The first kappa shape index (κ1) is 20.3. The molecule has 2 heterocycles. The highest BCUT2D eigenvalue weighted by molar-refractivity contribution is 5.61. The second-order valence-electron chi connectivity index (χ2n) is 8.74. The molecule has 2 fully saturated rings. The number of rotatable bonds is 5. The minimum absolute atomic E-state index is 0.240. The van der Waals surface area contributed by atoms with E-state index >= 15 is 0 Å². The molecule has 3 aromatic rings. The summed E-state index contributed by atoms with van der Waals surface area (Å²) >= 11 is 0. The van der Waals surface area contributed by atoms with Gasteiger partial charge in [-0.1, -0.05) is 66.7 Å². The first-order valence-corrected chi connectivity index (χ1v) is 11.5. The van der Waals surface area contributed by atoms with Crippen LogP contribution in [0.3, 0.4) is 0 Å². The van der Waals surface area contributed by atoms with Crippen LogP contribution in [-0.2, 0) is 6.54 Å². The maximum absolute atomic E-state index is 3.69. The summed E-state index contributed by atoms with van der Waals surface area (Å²) in [6.07, 6.45) is 2.34. The Kier molecular flexibility index (Phi) is 6.03. The summed E-state index contributed by atoms with van der Waals surface area (Å²) in [4.78, 5) is 2.74. The zero-order chi connectivity index (χ0) is 20.9. The molecule has 5 rings (SSSR count). The normalized spacial score (nSPS) is 19.4. The Morgan fingerprint density at radius 1 is 0.710 bits per heavy atom. The molecule has 0 aromatic heterocycles. The number of hydrazine groups is 1. The molecule has 31 heavy (non-hydrogen) atoms. The lowest BCUT2D eigenvalue weighted by atomic mass is 9.84. The van der Waals surface area contributed by atoms with Crippen molar-refractivity contribution in [1.82, 2.24) is 15.2 Å². The van der Waals surface area contributed by atoms with E-state index < -0.39 is 0 Å². The van der Waals surface area contributed by atoms with Gasteiger partial charge in [-0.3, -0.25) is 9.91 Å². The average Bonchev–Trinajstić information content (AvgIpc) is 2.84. The lowest BCUT2D eigenvalue weighted by Crippen LogP contribution is -2.65. The lowest BCUT2D eigenvalue weighted by Gasteiger charge is -2.53. The molecular formula is C27H32N4. The van der Waals surface area contributed by atoms with Crippen LogP contribution in [0, 0.1) is 0 Å². The highest BCUT2D eigenvalue weighted by atomic mass is 15.6. The van der Waals surface area contributed by atoms with Crippen molar-refractivity contribution in [2.24, 2.45) is 0 Å². The second kappa shape index (κ2) is 9.23. The fourth-order valence-electron chi connectivity index (χ4n) is 5.15. The minimum atomic E-state index is 0.240. The van der Waals surface area contributed by atoms with Crippen LogP contribution in [0.15, 0.2) is 91.0 Å². The van der Waals surface area contributed by atoms with Crippen molar-refractivity contribution in [3.05, 3.63) is 96.6 Å². The molecule has 2 aliphatic heterocycles. The van der Waals surface area contributed by atoms with Crippen molar-refractivity contribution in [3.8, 4) is 0 Å². The smallest absolute Gasteiger partial charge is 0.0580 e. The topological polar surface area (TPSA) is 21.8 Å². The van der Waals surface area contributed by atoms with E-state index in [4.69, 9.17) is 0 Å². The Morgan fingerprint density at radius 3 is 1.84 bits per heavy atom. The van der Waals surface area contributed by atoms with Crippen LogP contribution in [0.1, 0.15) is 18.4 Å². The van der Waals surface area contributed by atoms with Gasteiger partial charge < -0.3 is 5.32 Å². The molecule has 160 valence electrons. The molecule has 0 saturated carbocycles. The number of piperazine rings is 1. The van der Waals surface area contributed by atoms with Crippen LogP contribution in [0.25, 0.3) is 0 Å². The lowest BCUT2D eigenvalue weighted by molar-refractivity contribution is -0.00273. The van der Waals surface area contributed by atoms with Gasteiger partial charge in [-0.05, 0) is 42.7 Å². The van der Waals surface area contributed by atoms with E-state index in [0.29, 0.717) is 0 Å². The van der Waals surface area contributed by atoms with E-state index in [0.717, 1.165) is 39.3 Å². The van der Waals surface area contributed by atoms with Gasteiger partial charge in [0.2, 0.25) is 0 Å². The number of anilines is 2. The number of piperidine rings is 1. The molecule has 4 heteroatoms. The molecule has 0 atom stereocenters. The predicted octanol–water partition coefficient (Wildman–Crippen LogP) is 4.68. The summed E-state index contributed by atoms with van der Waals surface area (Å²) in [6.45, 7) is 6.44. The molecule has 2 saturated heterocycles. The molecule has 0 unspecified atom stereocenters. The van der Waals surface area contributed by atoms with Gasteiger partial charge in [0.25, 0.3) is 0 Å². The molecule has 1 spiro atoms. The van der Waals surface area contributed by atoms with Crippen LogP contribution in [0.2, 0.25) is 0 Å². The summed E-state index contributed by atoms with van der Waals surface area (Å²) in [5.74, 6) is 0. The summed E-state index contributed by atoms with van der Waals surface area (Å²) < 4.78 is 0. The predicted molar refractivity (Wildman–Crippen MR) is 128 cm³/mol. The summed E-state index contributed by atoms with van der Waals surface area (Å²) in [5.41, 5.74) is 4.12. The van der Waals surface area contributed by atoms with Gasteiger partial charge in [0.1, 0.15) is 0 Å². The monoisotopic (exact) mass is 412 g/mol. The van der Waals surface area contributed by atoms with Crippen molar-refractivity contribution in [3.63, 3.8) is 0 Å².